The van der Waals surface area contributed by atoms with Gasteiger partial charge in [-0.15, -0.1) is 0 Å². The Hall–Kier alpha value is -3.15. The number of carbonyl (C=O) groups is 1. The molecule has 1 aromatic carbocycles. The van der Waals surface area contributed by atoms with Crippen LogP contribution in [0, 0.1) is 6.92 Å². The fourth-order valence-corrected chi connectivity index (χ4v) is 4.13. The molecule has 0 saturated carbocycles. The Morgan fingerprint density at radius 3 is 2.85 bits per heavy atom. The van der Waals surface area contributed by atoms with Crippen LogP contribution in [-0.2, 0) is 17.8 Å². The van der Waals surface area contributed by atoms with Gasteiger partial charge in [0.05, 0.1) is 17.5 Å². The van der Waals surface area contributed by atoms with E-state index in [0.717, 1.165) is 22.9 Å². The highest BCUT2D eigenvalue weighted by molar-refractivity contribution is 5.85. The van der Waals surface area contributed by atoms with E-state index in [1.54, 1.807) is 17.6 Å². The van der Waals surface area contributed by atoms with Crippen LogP contribution in [-0.4, -0.2) is 10.5 Å². The first-order valence-electron chi connectivity index (χ1n) is 8.53. The monoisotopic (exact) mass is 349 g/mol. The molecule has 2 aromatic heterocycles. The molecule has 0 spiro atoms. The predicted molar refractivity (Wildman–Crippen MR) is 93.7 cm³/mol. The van der Waals surface area contributed by atoms with Crippen LogP contribution in [0.4, 0.5) is 0 Å². The molecule has 6 nitrogen and oxygen atoms in total. The molecule has 5 rings (SSSR count). The SMILES string of the molecule is Cc1cc2c(c(=O)o1)[C@@H](c1cc3cccc4c3n(c1=O)CC4)CC(=O)O2. The number of esters is 1. The molecule has 0 amide bonds. The van der Waals surface area contributed by atoms with Crippen LogP contribution < -0.4 is 15.9 Å². The van der Waals surface area contributed by atoms with Gasteiger partial charge in [-0.05, 0) is 30.4 Å². The topological polar surface area (TPSA) is 78.5 Å². The highest BCUT2D eigenvalue weighted by atomic mass is 16.5. The molecular weight excluding hydrogens is 334 g/mol. The van der Waals surface area contributed by atoms with E-state index in [2.05, 4.69) is 0 Å². The van der Waals surface area contributed by atoms with Crippen molar-refractivity contribution in [2.24, 2.45) is 0 Å². The maximum absolute atomic E-state index is 13.1. The van der Waals surface area contributed by atoms with E-state index in [0.29, 0.717) is 17.9 Å². The van der Waals surface area contributed by atoms with Crippen LogP contribution in [0.3, 0.4) is 0 Å². The molecule has 2 aliphatic heterocycles. The lowest BCUT2D eigenvalue weighted by atomic mass is 9.87. The van der Waals surface area contributed by atoms with Crippen LogP contribution >= 0.6 is 0 Å². The van der Waals surface area contributed by atoms with Gasteiger partial charge in [-0.1, -0.05) is 18.2 Å². The molecule has 0 N–H and O–H groups in total. The second-order valence-corrected chi connectivity index (χ2v) is 6.81. The zero-order valence-corrected chi connectivity index (χ0v) is 14.1. The second-order valence-electron chi connectivity index (χ2n) is 6.81. The summed E-state index contributed by atoms with van der Waals surface area (Å²) in [4.78, 5) is 37.7. The molecule has 3 aromatic rings. The number of pyridine rings is 1. The Morgan fingerprint density at radius 2 is 2.00 bits per heavy atom. The normalized spacial score (nSPS) is 18.0. The molecule has 4 heterocycles. The average Bonchev–Trinajstić information content (AvgIpc) is 3.02. The predicted octanol–water partition coefficient (Wildman–Crippen LogP) is 2.26. The summed E-state index contributed by atoms with van der Waals surface area (Å²) in [6.45, 7) is 2.22. The highest BCUT2D eigenvalue weighted by Gasteiger charge is 2.35. The standard InChI is InChI=1S/C20H15NO5/c1-10-7-15-17(20(24)25-10)13(9-16(22)26-15)14-8-12-4-2-3-11-5-6-21(18(11)12)19(14)23/h2-4,7-8,13H,5-6,9H2,1H3/t13-/m1/s1. The molecular formula is C20H15NO5. The third-order valence-electron chi connectivity index (χ3n) is 5.22. The van der Waals surface area contributed by atoms with Gasteiger partial charge in [0.15, 0.2) is 0 Å². The number of benzene rings is 1. The first kappa shape index (κ1) is 15.1. The summed E-state index contributed by atoms with van der Waals surface area (Å²) in [7, 11) is 0. The summed E-state index contributed by atoms with van der Waals surface area (Å²) in [6.07, 6.45) is 0.752. The van der Waals surface area contributed by atoms with Crippen molar-refractivity contribution < 1.29 is 13.9 Å². The third-order valence-corrected chi connectivity index (χ3v) is 5.22. The van der Waals surface area contributed by atoms with Gasteiger partial charge < -0.3 is 13.7 Å². The zero-order chi connectivity index (χ0) is 18.0. The summed E-state index contributed by atoms with van der Waals surface area (Å²) in [6, 6.07) is 9.26. The van der Waals surface area contributed by atoms with Gasteiger partial charge in [0.25, 0.3) is 5.56 Å². The number of aromatic nitrogens is 1. The van der Waals surface area contributed by atoms with E-state index in [4.69, 9.17) is 9.15 Å². The Morgan fingerprint density at radius 1 is 1.15 bits per heavy atom. The molecule has 0 saturated heterocycles. The minimum absolute atomic E-state index is 0.0543. The van der Waals surface area contributed by atoms with Crippen LogP contribution in [0.2, 0.25) is 0 Å². The Balaban J connectivity index is 1.81. The fraction of sp³-hybridized carbons (Fsp3) is 0.250. The first-order chi connectivity index (χ1) is 12.5. The molecule has 6 heteroatoms. The van der Waals surface area contributed by atoms with Crippen molar-refractivity contribution >= 4 is 16.9 Å². The minimum Gasteiger partial charge on any atom is -0.428 e. The van der Waals surface area contributed by atoms with E-state index in [1.165, 1.54) is 6.07 Å². The number of aryl methyl sites for hydroxylation is 3. The average molecular weight is 349 g/mol. The van der Waals surface area contributed by atoms with E-state index >= 15 is 0 Å². The Bertz CT molecular complexity index is 1220. The van der Waals surface area contributed by atoms with Gasteiger partial charge >= 0.3 is 11.6 Å². The number of rotatable bonds is 1. The van der Waals surface area contributed by atoms with Gasteiger partial charge in [0.1, 0.15) is 11.5 Å². The summed E-state index contributed by atoms with van der Waals surface area (Å²) in [5.74, 6) is -0.564. The number of nitrogens with zero attached hydrogens (tertiary/aromatic N) is 1. The molecule has 130 valence electrons. The number of hydrogen-bond acceptors (Lipinski definition) is 5. The summed E-state index contributed by atoms with van der Waals surface area (Å²) >= 11 is 0. The van der Waals surface area contributed by atoms with E-state index in [1.807, 2.05) is 18.2 Å². The number of fused-ring (bicyclic) bond motifs is 1. The molecule has 26 heavy (non-hydrogen) atoms. The summed E-state index contributed by atoms with van der Waals surface area (Å²) in [5.41, 5.74) is 2.04. The van der Waals surface area contributed by atoms with Crippen molar-refractivity contribution in [1.82, 2.24) is 4.57 Å². The van der Waals surface area contributed by atoms with Crippen LogP contribution in [0.25, 0.3) is 10.9 Å². The van der Waals surface area contributed by atoms with Crippen molar-refractivity contribution in [2.45, 2.75) is 32.2 Å². The second kappa shape index (κ2) is 5.17. The smallest absolute Gasteiger partial charge is 0.343 e. The van der Waals surface area contributed by atoms with Crippen LogP contribution in [0.15, 0.2) is 44.3 Å². The molecule has 2 aliphatic rings. The van der Waals surface area contributed by atoms with Crippen molar-refractivity contribution in [3.63, 3.8) is 0 Å². The molecule has 0 aliphatic carbocycles. The van der Waals surface area contributed by atoms with Crippen molar-refractivity contribution in [3.8, 4) is 5.75 Å². The molecule has 0 bridgehead atoms. The lowest BCUT2D eigenvalue weighted by Crippen LogP contribution is -2.32. The summed E-state index contributed by atoms with van der Waals surface area (Å²) < 4.78 is 12.2. The van der Waals surface area contributed by atoms with Gasteiger partial charge in [-0.2, -0.15) is 0 Å². The number of ether oxygens (including phenoxy) is 1. The first-order valence-corrected chi connectivity index (χ1v) is 8.53. The number of hydrogen-bond donors (Lipinski definition) is 0. The number of carbonyl (C=O) groups excluding carboxylic acids is 1. The third kappa shape index (κ3) is 2.02. The quantitative estimate of drug-likeness (QED) is 0.630. The lowest BCUT2D eigenvalue weighted by Gasteiger charge is -2.23. The lowest BCUT2D eigenvalue weighted by molar-refractivity contribution is -0.135. The van der Waals surface area contributed by atoms with Crippen LogP contribution in [0.1, 0.15) is 34.8 Å². The largest absolute Gasteiger partial charge is 0.428 e. The van der Waals surface area contributed by atoms with Crippen molar-refractivity contribution in [1.29, 1.82) is 0 Å². The zero-order valence-electron chi connectivity index (χ0n) is 14.1. The van der Waals surface area contributed by atoms with Gasteiger partial charge in [0.2, 0.25) is 0 Å². The molecule has 0 radical (unpaired) electrons. The van der Waals surface area contributed by atoms with Gasteiger partial charge in [-0.3, -0.25) is 9.59 Å². The van der Waals surface area contributed by atoms with Gasteiger partial charge in [0, 0.05) is 24.1 Å². The maximum Gasteiger partial charge on any atom is 0.343 e. The fourth-order valence-electron chi connectivity index (χ4n) is 4.13. The maximum atomic E-state index is 13.1. The molecule has 0 unspecified atom stereocenters. The minimum atomic E-state index is -0.659. The summed E-state index contributed by atoms with van der Waals surface area (Å²) in [5, 5.41) is 0.937. The van der Waals surface area contributed by atoms with Crippen LogP contribution in [0.5, 0.6) is 5.75 Å². The van der Waals surface area contributed by atoms with Gasteiger partial charge in [-0.25, -0.2) is 4.79 Å². The Kier molecular flexibility index (Phi) is 3.01. The molecule has 0 fully saturated rings. The van der Waals surface area contributed by atoms with Crippen molar-refractivity contribution in [2.75, 3.05) is 0 Å². The number of para-hydroxylation sites is 1. The molecule has 1 atom stereocenters. The van der Waals surface area contributed by atoms with Crippen molar-refractivity contribution in [3.05, 3.63) is 73.6 Å². The highest BCUT2D eigenvalue weighted by Crippen LogP contribution is 2.37. The van der Waals surface area contributed by atoms with E-state index in [-0.39, 0.29) is 23.3 Å². The Labute approximate surface area is 147 Å². The van der Waals surface area contributed by atoms with E-state index in [9.17, 15) is 14.4 Å². The van der Waals surface area contributed by atoms with E-state index < -0.39 is 17.5 Å².